The van der Waals surface area contributed by atoms with E-state index in [1.54, 1.807) is 41.8 Å². The predicted octanol–water partition coefficient (Wildman–Crippen LogP) is 2.89. The van der Waals surface area contributed by atoms with Crippen molar-refractivity contribution < 1.29 is 13.2 Å². The molecule has 1 unspecified atom stereocenters. The average molecular weight is 335 g/mol. The van der Waals surface area contributed by atoms with Crippen LogP contribution in [0.15, 0.2) is 47.4 Å². The fraction of sp³-hybridized carbons (Fsp3) is 0.188. The Morgan fingerprint density at radius 1 is 1.22 bits per heavy atom. The van der Waals surface area contributed by atoms with Gasteiger partial charge in [-0.1, -0.05) is 6.07 Å². The van der Waals surface area contributed by atoms with E-state index >= 15 is 0 Å². The van der Waals surface area contributed by atoms with E-state index in [0.717, 1.165) is 0 Å². The number of halogens is 1. The number of fused-ring (bicyclic) bond motifs is 1. The van der Waals surface area contributed by atoms with Gasteiger partial charge in [0.05, 0.1) is 15.9 Å². The van der Waals surface area contributed by atoms with Crippen LogP contribution in [-0.2, 0) is 11.1 Å². The molecule has 0 aliphatic carbocycles. The zero-order valence-corrected chi connectivity index (χ0v) is 13.9. The topological polar surface area (TPSA) is 67.2 Å². The summed E-state index contributed by atoms with van der Waals surface area (Å²) in [5.74, 6) is 0.340. The van der Waals surface area contributed by atoms with Crippen molar-refractivity contribution in [3.63, 3.8) is 0 Å². The van der Waals surface area contributed by atoms with Crippen LogP contribution in [0, 0.1) is 12.7 Å². The first kappa shape index (κ1) is 17.3. The molecular formula is C16H18FN3O2S. The molecule has 0 fully saturated rings. The van der Waals surface area contributed by atoms with Crippen LogP contribution in [0.2, 0.25) is 0 Å². The van der Waals surface area contributed by atoms with E-state index in [9.17, 15) is 8.60 Å². The first-order valence-corrected chi connectivity index (χ1v) is 8.03. The van der Waals surface area contributed by atoms with Gasteiger partial charge in [0.2, 0.25) is 0 Å². The van der Waals surface area contributed by atoms with E-state index in [4.69, 9.17) is 4.55 Å². The van der Waals surface area contributed by atoms with Gasteiger partial charge in [0.25, 0.3) is 0 Å². The number of rotatable bonds is 2. The molecule has 0 saturated carbocycles. The van der Waals surface area contributed by atoms with Crippen molar-refractivity contribution in [1.29, 1.82) is 0 Å². The van der Waals surface area contributed by atoms with Gasteiger partial charge in [-0.05, 0) is 51.4 Å². The van der Waals surface area contributed by atoms with Crippen molar-refractivity contribution in [2.24, 2.45) is 0 Å². The maximum absolute atomic E-state index is 13.4. The summed E-state index contributed by atoms with van der Waals surface area (Å²) in [4.78, 5) is 4.65. The zero-order chi connectivity index (χ0) is 17.0. The summed E-state index contributed by atoms with van der Waals surface area (Å²) < 4.78 is 35.5. The minimum atomic E-state index is -2.05. The van der Waals surface area contributed by atoms with Crippen molar-refractivity contribution in [1.82, 2.24) is 14.9 Å². The molecule has 0 aliphatic rings. The lowest BCUT2D eigenvalue weighted by atomic mass is 10.2. The second-order valence-corrected chi connectivity index (χ2v) is 5.84. The molecule has 1 atom stereocenters. The van der Waals surface area contributed by atoms with Crippen LogP contribution in [0.4, 0.5) is 4.39 Å². The molecule has 3 aromatic rings. The van der Waals surface area contributed by atoms with Gasteiger partial charge in [-0.2, -0.15) is 0 Å². The molecule has 2 aromatic carbocycles. The lowest BCUT2D eigenvalue weighted by molar-refractivity contribution is 0.564. The third kappa shape index (κ3) is 3.82. The minimum Gasteiger partial charge on any atom is -0.323 e. The highest BCUT2D eigenvalue weighted by atomic mass is 32.2. The molecular weight excluding hydrogens is 317 g/mol. The van der Waals surface area contributed by atoms with E-state index in [1.807, 2.05) is 14.1 Å². The third-order valence-electron chi connectivity index (χ3n) is 3.06. The molecule has 3 rings (SSSR count). The van der Waals surface area contributed by atoms with Gasteiger partial charge in [-0.25, -0.2) is 13.6 Å². The van der Waals surface area contributed by atoms with Gasteiger partial charge in [0.1, 0.15) is 11.6 Å². The predicted molar refractivity (Wildman–Crippen MR) is 89.8 cm³/mol. The number of hydrogen-bond donors (Lipinski definition) is 2. The summed E-state index contributed by atoms with van der Waals surface area (Å²) in [5, 5.41) is 2.75. The van der Waals surface area contributed by atoms with Crippen molar-refractivity contribution in [3.05, 3.63) is 54.1 Å². The van der Waals surface area contributed by atoms with Crippen LogP contribution in [-0.4, -0.2) is 32.4 Å². The van der Waals surface area contributed by atoms with Crippen molar-refractivity contribution in [2.75, 3.05) is 14.1 Å². The van der Waals surface area contributed by atoms with Crippen molar-refractivity contribution in [3.8, 4) is 5.69 Å². The number of imidazole rings is 1. The summed E-state index contributed by atoms with van der Waals surface area (Å²) in [5.41, 5.74) is 1.98. The molecule has 0 amide bonds. The molecule has 7 heteroatoms. The highest BCUT2D eigenvalue weighted by Crippen LogP contribution is 2.23. The largest absolute Gasteiger partial charge is 0.323 e. The monoisotopic (exact) mass is 335 g/mol. The Morgan fingerprint density at radius 2 is 1.91 bits per heavy atom. The van der Waals surface area contributed by atoms with E-state index in [2.05, 4.69) is 10.3 Å². The summed E-state index contributed by atoms with van der Waals surface area (Å²) in [7, 11) is 3.75. The minimum absolute atomic E-state index is 0.292. The van der Waals surface area contributed by atoms with E-state index in [1.165, 1.54) is 12.1 Å². The van der Waals surface area contributed by atoms with Gasteiger partial charge < -0.3 is 9.87 Å². The fourth-order valence-corrected chi connectivity index (χ4v) is 2.64. The van der Waals surface area contributed by atoms with Crippen LogP contribution in [0.5, 0.6) is 0 Å². The zero-order valence-electron chi connectivity index (χ0n) is 13.1. The highest BCUT2D eigenvalue weighted by Gasteiger charge is 2.11. The molecule has 0 bridgehead atoms. The normalized spacial score (nSPS) is 11.9. The fourth-order valence-electron chi connectivity index (χ4n) is 2.23. The molecule has 0 saturated heterocycles. The van der Waals surface area contributed by atoms with E-state index in [0.29, 0.717) is 27.4 Å². The Hall–Kier alpha value is -2.09. The number of aryl methyl sites for hydroxylation is 1. The first-order chi connectivity index (χ1) is 11.0. The number of aromatic nitrogens is 2. The molecule has 2 N–H and O–H groups in total. The van der Waals surface area contributed by atoms with Crippen molar-refractivity contribution >= 4 is 22.1 Å². The van der Waals surface area contributed by atoms with E-state index < -0.39 is 11.1 Å². The number of hydrogen-bond acceptors (Lipinski definition) is 3. The quantitative estimate of drug-likeness (QED) is 0.707. The Labute approximate surface area is 136 Å². The lowest BCUT2D eigenvalue weighted by Crippen LogP contribution is -1.99. The standard InChI is InChI=1S/C14H11FN2O2S.C2H7N/c1-9-16-13-6-5-10(15)7-14(13)17(9)11-3-2-4-12(8-11)20(18)19;1-3-2/h2-8H,1H3,(H,18,19);3H,1-2H3. The molecule has 1 heterocycles. The number of benzene rings is 2. The summed E-state index contributed by atoms with van der Waals surface area (Å²) in [6.07, 6.45) is 0. The van der Waals surface area contributed by atoms with Crippen LogP contribution in [0.3, 0.4) is 0 Å². The summed E-state index contributed by atoms with van der Waals surface area (Å²) >= 11 is -2.05. The Balaban J connectivity index is 0.000000595. The van der Waals surface area contributed by atoms with Gasteiger partial charge in [0.15, 0.2) is 11.1 Å². The molecule has 23 heavy (non-hydrogen) atoms. The highest BCUT2D eigenvalue weighted by molar-refractivity contribution is 7.79. The lowest BCUT2D eigenvalue weighted by Gasteiger charge is -2.08. The van der Waals surface area contributed by atoms with Crippen molar-refractivity contribution in [2.45, 2.75) is 11.8 Å². The number of nitrogens with zero attached hydrogens (tertiary/aromatic N) is 2. The Morgan fingerprint density at radius 3 is 2.57 bits per heavy atom. The maximum atomic E-state index is 13.4. The summed E-state index contributed by atoms with van der Waals surface area (Å²) in [6, 6.07) is 11.0. The Kier molecular flexibility index (Phi) is 5.59. The summed E-state index contributed by atoms with van der Waals surface area (Å²) in [6.45, 7) is 1.81. The van der Waals surface area contributed by atoms with Gasteiger partial charge in [-0.15, -0.1) is 0 Å². The average Bonchev–Trinajstić information content (AvgIpc) is 2.83. The van der Waals surface area contributed by atoms with Crippen LogP contribution >= 0.6 is 0 Å². The smallest absolute Gasteiger partial charge is 0.186 e. The molecule has 0 spiro atoms. The molecule has 0 radical (unpaired) electrons. The Bertz CT molecular complexity index is 848. The van der Waals surface area contributed by atoms with Crippen LogP contribution < -0.4 is 5.32 Å². The first-order valence-electron chi connectivity index (χ1n) is 6.92. The van der Waals surface area contributed by atoms with Crippen LogP contribution in [0.1, 0.15) is 5.82 Å². The molecule has 5 nitrogen and oxygen atoms in total. The molecule has 1 aromatic heterocycles. The SMILES string of the molecule is CNC.Cc1nc2ccc(F)cc2n1-c1cccc(S(=O)O)c1. The second kappa shape index (κ2) is 7.45. The van der Waals surface area contributed by atoms with Gasteiger partial charge >= 0.3 is 0 Å². The van der Waals surface area contributed by atoms with Crippen LogP contribution in [0.25, 0.3) is 16.7 Å². The molecule has 122 valence electrons. The van der Waals surface area contributed by atoms with E-state index in [-0.39, 0.29) is 5.82 Å². The molecule has 0 aliphatic heterocycles. The van der Waals surface area contributed by atoms with Gasteiger partial charge in [-0.3, -0.25) is 4.57 Å². The third-order valence-corrected chi connectivity index (χ3v) is 3.72. The maximum Gasteiger partial charge on any atom is 0.186 e. The number of nitrogens with one attached hydrogen (secondary N) is 1. The second-order valence-electron chi connectivity index (χ2n) is 4.87. The van der Waals surface area contributed by atoms with Gasteiger partial charge in [0, 0.05) is 11.8 Å².